The van der Waals surface area contributed by atoms with E-state index in [-0.39, 0.29) is 0 Å². The third kappa shape index (κ3) is 3.48. The first-order chi connectivity index (χ1) is 19.8. The Morgan fingerprint density at radius 2 is 1.12 bits per heavy atom. The van der Waals surface area contributed by atoms with Crippen LogP contribution in [-0.4, -0.2) is 4.57 Å². The predicted octanol–water partition coefficient (Wildman–Crippen LogP) is 10.7. The molecule has 7 aromatic rings. The number of nitrogens with zero attached hydrogens (tertiary/aromatic N) is 1. The van der Waals surface area contributed by atoms with Gasteiger partial charge >= 0.3 is 0 Å². The summed E-state index contributed by atoms with van der Waals surface area (Å²) in [5.41, 5.74) is 9.03. The molecule has 40 heavy (non-hydrogen) atoms. The molecule has 8 rings (SSSR count). The summed E-state index contributed by atoms with van der Waals surface area (Å²) in [7, 11) is 0. The number of benzene rings is 6. The highest BCUT2D eigenvalue weighted by molar-refractivity contribution is 6.20. The van der Waals surface area contributed by atoms with Crippen LogP contribution < -0.4 is 0 Å². The van der Waals surface area contributed by atoms with Crippen LogP contribution in [0.15, 0.2) is 140 Å². The van der Waals surface area contributed by atoms with Gasteiger partial charge in [0.1, 0.15) is 0 Å². The topological polar surface area (TPSA) is 4.93 Å². The number of fused-ring (bicyclic) bond motifs is 5. The van der Waals surface area contributed by atoms with E-state index in [1.165, 1.54) is 71.3 Å². The van der Waals surface area contributed by atoms with E-state index in [4.69, 9.17) is 0 Å². The molecule has 1 nitrogen and oxygen atoms in total. The first-order valence-electron chi connectivity index (χ1n) is 14.2. The standard InChI is InChI=1S/C39H29N/c1-26-12-11-13-27(24-26)38-31-17-5-7-19-33(31)39(34-20-8-6-18-32(34)38)28-22-23-37-35(25-28)30-16-9-10-21-36(30)40(37)29-14-3-2-4-15-29/h2-23,25-26H,24H2,1H3. The molecule has 0 spiro atoms. The lowest BCUT2D eigenvalue weighted by molar-refractivity contribution is 0.750. The van der Waals surface area contributed by atoms with E-state index in [0.29, 0.717) is 5.92 Å². The van der Waals surface area contributed by atoms with Gasteiger partial charge in [0.15, 0.2) is 0 Å². The van der Waals surface area contributed by atoms with Gasteiger partial charge in [-0.25, -0.2) is 0 Å². The second-order valence-electron chi connectivity index (χ2n) is 11.0. The minimum absolute atomic E-state index is 0.543. The predicted molar refractivity (Wildman–Crippen MR) is 172 cm³/mol. The first kappa shape index (κ1) is 23.0. The number of rotatable bonds is 3. The molecular weight excluding hydrogens is 482 g/mol. The van der Waals surface area contributed by atoms with Crippen LogP contribution in [0.5, 0.6) is 0 Å². The number of allylic oxidation sites excluding steroid dienone is 4. The molecule has 6 aromatic carbocycles. The maximum absolute atomic E-state index is 2.41. The van der Waals surface area contributed by atoms with Gasteiger partial charge in [0.25, 0.3) is 0 Å². The minimum atomic E-state index is 0.543. The number of para-hydroxylation sites is 2. The second-order valence-corrected chi connectivity index (χ2v) is 11.0. The molecule has 0 N–H and O–H groups in total. The van der Waals surface area contributed by atoms with E-state index in [2.05, 4.69) is 151 Å². The van der Waals surface area contributed by atoms with Gasteiger partial charge in [-0.05, 0) is 86.5 Å². The summed E-state index contributed by atoms with van der Waals surface area (Å²) in [5, 5.41) is 7.84. The number of hydrogen-bond acceptors (Lipinski definition) is 0. The molecule has 0 amide bonds. The fourth-order valence-corrected chi connectivity index (χ4v) is 6.80. The highest BCUT2D eigenvalue weighted by atomic mass is 15.0. The van der Waals surface area contributed by atoms with Crippen LogP contribution in [-0.2, 0) is 0 Å². The Labute approximate surface area is 234 Å². The zero-order valence-electron chi connectivity index (χ0n) is 22.5. The van der Waals surface area contributed by atoms with Crippen molar-refractivity contribution in [2.24, 2.45) is 5.92 Å². The monoisotopic (exact) mass is 511 g/mol. The molecule has 190 valence electrons. The zero-order valence-corrected chi connectivity index (χ0v) is 22.5. The molecule has 1 aliphatic carbocycles. The summed E-state index contributed by atoms with van der Waals surface area (Å²) in [4.78, 5) is 0. The SMILES string of the molecule is CC1C=CC=C(c2c3ccccc3c(-c3ccc4c(c3)c3ccccc3n4-c3ccccc3)c3ccccc23)C1. The largest absolute Gasteiger partial charge is 0.309 e. The van der Waals surface area contributed by atoms with Crippen LogP contribution in [0, 0.1) is 5.92 Å². The van der Waals surface area contributed by atoms with Crippen LogP contribution >= 0.6 is 0 Å². The Morgan fingerprint density at radius 3 is 1.80 bits per heavy atom. The van der Waals surface area contributed by atoms with Crippen LogP contribution in [0.4, 0.5) is 0 Å². The maximum Gasteiger partial charge on any atom is 0.0541 e. The summed E-state index contributed by atoms with van der Waals surface area (Å²) < 4.78 is 2.39. The molecule has 0 radical (unpaired) electrons. The van der Waals surface area contributed by atoms with Crippen LogP contribution in [0.2, 0.25) is 0 Å². The quantitative estimate of drug-likeness (QED) is 0.208. The van der Waals surface area contributed by atoms with Gasteiger partial charge in [-0.2, -0.15) is 0 Å². The Morgan fingerprint density at radius 1 is 0.550 bits per heavy atom. The van der Waals surface area contributed by atoms with Gasteiger partial charge in [0.05, 0.1) is 11.0 Å². The molecule has 0 saturated heterocycles. The van der Waals surface area contributed by atoms with Crippen molar-refractivity contribution in [2.75, 3.05) is 0 Å². The lowest BCUT2D eigenvalue weighted by atomic mass is 9.82. The molecule has 1 heterocycles. The molecule has 0 aliphatic heterocycles. The van der Waals surface area contributed by atoms with Gasteiger partial charge in [0, 0.05) is 16.5 Å². The fraction of sp³-hybridized carbons (Fsp3) is 0.0769. The van der Waals surface area contributed by atoms with E-state index in [1.54, 1.807) is 0 Å². The first-order valence-corrected chi connectivity index (χ1v) is 14.2. The Hall–Kier alpha value is -4.88. The molecule has 1 atom stereocenters. The van der Waals surface area contributed by atoms with Gasteiger partial charge in [-0.1, -0.05) is 116 Å². The highest BCUT2D eigenvalue weighted by Crippen LogP contribution is 2.45. The average Bonchev–Trinajstić information content (AvgIpc) is 3.34. The van der Waals surface area contributed by atoms with Crippen molar-refractivity contribution in [2.45, 2.75) is 13.3 Å². The van der Waals surface area contributed by atoms with Crippen molar-refractivity contribution in [3.8, 4) is 16.8 Å². The van der Waals surface area contributed by atoms with Crippen molar-refractivity contribution in [3.63, 3.8) is 0 Å². The van der Waals surface area contributed by atoms with Crippen molar-refractivity contribution in [3.05, 3.63) is 145 Å². The minimum Gasteiger partial charge on any atom is -0.309 e. The number of hydrogen-bond donors (Lipinski definition) is 0. The molecule has 1 aliphatic rings. The van der Waals surface area contributed by atoms with Crippen molar-refractivity contribution in [1.29, 1.82) is 0 Å². The molecule has 0 saturated carbocycles. The van der Waals surface area contributed by atoms with E-state index < -0.39 is 0 Å². The molecule has 1 heteroatoms. The third-order valence-corrected chi connectivity index (χ3v) is 8.51. The van der Waals surface area contributed by atoms with Gasteiger partial charge in [0.2, 0.25) is 0 Å². The normalized spacial score (nSPS) is 15.3. The van der Waals surface area contributed by atoms with E-state index in [1.807, 2.05) is 0 Å². The van der Waals surface area contributed by atoms with Gasteiger partial charge in [-0.15, -0.1) is 0 Å². The van der Waals surface area contributed by atoms with E-state index >= 15 is 0 Å². The summed E-state index contributed by atoms with van der Waals surface area (Å²) in [6, 6.07) is 44.5. The van der Waals surface area contributed by atoms with Gasteiger partial charge < -0.3 is 4.57 Å². The average molecular weight is 512 g/mol. The third-order valence-electron chi connectivity index (χ3n) is 8.51. The van der Waals surface area contributed by atoms with Crippen molar-refractivity contribution >= 4 is 48.9 Å². The smallest absolute Gasteiger partial charge is 0.0541 e. The molecule has 0 fully saturated rings. The lowest BCUT2D eigenvalue weighted by Crippen LogP contribution is -2.00. The van der Waals surface area contributed by atoms with Gasteiger partial charge in [-0.3, -0.25) is 0 Å². The highest BCUT2D eigenvalue weighted by Gasteiger charge is 2.20. The molecule has 1 unspecified atom stereocenters. The number of aromatic nitrogens is 1. The fourth-order valence-electron chi connectivity index (χ4n) is 6.80. The summed E-state index contributed by atoms with van der Waals surface area (Å²) in [5.74, 6) is 0.543. The summed E-state index contributed by atoms with van der Waals surface area (Å²) in [6.07, 6.45) is 7.92. The Bertz CT molecular complexity index is 2080. The van der Waals surface area contributed by atoms with E-state index in [0.717, 1.165) is 6.42 Å². The Kier molecular flexibility index (Phi) is 5.24. The maximum atomic E-state index is 2.41. The molecule has 1 aromatic heterocycles. The van der Waals surface area contributed by atoms with Crippen molar-refractivity contribution in [1.82, 2.24) is 4.57 Å². The van der Waals surface area contributed by atoms with E-state index in [9.17, 15) is 0 Å². The molecular formula is C39H29N. The molecule has 0 bridgehead atoms. The van der Waals surface area contributed by atoms with Crippen LogP contribution in [0.3, 0.4) is 0 Å². The summed E-state index contributed by atoms with van der Waals surface area (Å²) in [6.45, 7) is 2.31. The van der Waals surface area contributed by atoms with Crippen molar-refractivity contribution < 1.29 is 0 Å². The lowest BCUT2D eigenvalue weighted by Gasteiger charge is -2.21. The zero-order chi connectivity index (χ0) is 26.6. The van der Waals surface area contributed by atoms with Crippen LogP contribution in [0.25, 0.3) is 65.7 Å². The Balaban J connectivity index is 1.46. The summed E-state index contributed by atoms with van der Waals surface area (Å²) >= 11 is 0. The van der Waals surface area contributed by atoms with Crippen LogP contribution in [0.1, 0.15) is 18.9 Å². The second kappa shape index (κ2) is 9.10.